The topological polar surface area (TPSA) is 46.2 Å². The number of unbranched alkanes of at least 4 members (excludes halogenated alkanes) is 1. The zero-order valence-corrected chi connectivity index (χ0v) is 12.4. The molecular formula is C14H19BClNO2. The lowest BCUT2D eigenvalue weighted by Crippen LogP contribution is -2.20. The second kappa shape index (κ2) is 9.62. The number of hydrogen-bond acceptors (Lipinski definition) is 2. The standard InChI is InChI=1S/C14H19BClNO2/c1-4-7-8-10(17-14(15)19)9-12(16)11(5-2)13(18)6-3/h5,8-9H,4,6-7H2,1-3H3,(H,17,19)/b10-8-,11-5+,12-9+. The van der Waals surface area contributed by atoms with Gasteiger partial charge in [0.15, 0.2) is 11.6 Å². The lowest BCUT2D eigenvalue weighted by atomic mass is 10.1. The first kappa shape index (κ1) is 17.7. The van der Waals surface area contributed by atoms with E-state index in [0.717, 1.165) is 12.8 Å². The van der Waals surface area contributed by atoms with Gasteiger partial charge in [-0.2, -0.15) is 0 Å². The van der Waals surface area contributed by atoms with Crippen LogP contribution >= 0.6 is 11.6 Å². The quantitative estimate of drug-likeness (QED) is 0.440. The van der Waals surface area contributed by atoms with E-state index >= 15 is 0 Å². The van der Waals surface area contributed by atoms with Crippen molar-refractivity contribution in [3.63, 3.8) is 0 Å². The summed E-state index contributed by atoms with van der Waals surface area (Å²) in [4.78, 5) is 22.6. The zero-order chi connectivity index (χ0) is 14.8. The van der Waals surface area contributed by atoms with Crippen LogP contribution in [0, 0.1) is 0 Å². The van der Waals surface area contributed by atoms with E-state index < -0.39 is 5.81 Å². The average molecular weight is 280 g/mol. The third-order valence-electron chi connectivity index (χ3n) is 2.37. The minimum absolute atomic E-state index is 0.0438. The summed E-state index contributed by atoms with van der Waals surface area (Å²) in [5.74, 6) is -0.704. The molecular weight excluding hydrogens is 260 g/mol. The highest BCUT2D eigenvalue weighted by Crippen LogP contribution is 2.19. The molecule has 0 spiro atoms. The van der Waals surface area contributed by atoms with Gasteiger partial charge >= 0.3 is 0 Å². The number of amides is 1. The summed E-state index contributed by atoms with van der Waals surface area (Å²) in [6.45, 7) is 5.53. The predicted octanol–water partition coefficient (Wildman–Crippen LogP) is 3.60. The molecule has 0 aromatic rings. The molecule has 5 heteroatoms. The number of carbonyl (C=O) groups is 2. The lowest BCUT2D eigenvalue weighted by molar-refractivity contribution is -0.115. The summed E-state index contributed by atoms with van der Waals surface area (Å²) in [7, 11) is 5.09. The molecule has 0 fully saturated rings. The first-order valence-electron chi connectivity index (χ1n) is 6.29. The van der Waals surface area contributed by atoms with Crippen molar-refractivity contribution in [3.8, 4) is 0 Å². The van der Waals surface area contributed by atoms with Gasteiger partial charge in [0.2, 0.25) is 7.85 Å². The highest BCUT2D eigenvalue weighted by atomic mass is 35.5. The number of carbonyl (C=O) groups excluding carboxylic acids is 2. The van der Waals surface area contributed by atoms with E-state index in [1.807, 2.05) is 13.0 Å². The van der Waals surface area contributed by atoms with Gasteiger partial charge in [-0.1, -0.05) is 44.0 Å². The van der Waals surface area contributed by atoms with Gasteiger partial charge in [0.25, 0.3) is 0 Å². The van der Waals surface area contributed by atoms with Crippen molar-refractivity contribution < 1.29 is 9.59 Å². The molecule has 2 radical (unpaired) electrons. The molecule has 0 aliphatic rings. The van der Waals surface area contributed by atoms with Crippen LogP contribution in [-0.4, -0.2) is 19.4 Å². The zero-order valence-electron chi connectivity index (χ0n) is 11.6. The Morgan fingerprint density at radius 3 is 2.37 bits per heavy atom. The van der Waals surface area contributed by atoms with Crippen molar-refractivity contribution in [3.05, 3.63) is 34.5 Å². The summed E-state index contributed by atoms with van der Waals surface area (Å²) in [5, 5.41) is 2.78. The molecule has 0 aliphatic carbocycles. The lowest BCUT2D eigenvalue weighted by Gasteiger charge is -2.07. The van der Waals surface area contributed by atoms with Crippen molar-refractivity contribution >= 4 is 31.0 Å². The fraction of sp³-hybridized carbons (Fsp3) is 0.429. The molecule has 0 aromatic heterocycles. The van der Waals surface area contributed by atoms with Crippen LogP contribution in [0.15, 0.2) is 34.5 Å². The first-order valence-corrected chi connectivity index (χ1v) is 6.67. The molecule has 0 rings (SSSR count). The normalized spacial score (nSPS) is 13.4. The second-order valence-corrected chi connectivity index (χ2v) is 4.32. The van der Waals surface area contributed by atoms with Crippen LogP contribution in [0.25, 0.3) is 0 Å². The highest BCUT2D eigenvalue weighted by molar-refractivity contribution is 6.57. The molecule has 0 saturated heterocycles. The van der Waals surface area contributed by atoms with Gasteiger partial charge in [0, 0.05) is 17.7 Å². The Balaban J connectivity index is 5.21. The van der Waals surface area contributed by atoms with Gasteiger partial charge in [-0.15, -0.1) is 0 Å². The summed E-state index contributed by atoms with van der Waals surface area (Å²) < 4.78 is 0. The van der Waals surface area contributed by atoms with Gasteiger partial charge in [0.05, 0.1) is 5.03 Å². The van der Waals surface area contributed by atoms with Gasteiger partial charge < -0.3 is 5.32 Å². The van der Waals surface area contributed by atoms with Crippen LogP contribution < -0.4 is 5.32 Å². The SMILES string of the molecule is [B]C(=O)NC(=C\CCC)/C=C(Cl)\C(=C/C)C(=O)CC. The van der Waals surface area contributed by atoms with Gasteiger partial charge in [0.1, 0.15) is 0 Å². The molecule has 3 nitrogen and oxygen atoms in total. The maximum atomic E-state index is 11.7. The van der Waals surface area contributed by atoms with Crippen LogP contribution in [0.4, 0.5) is 4.79 Å². The fourth-order valence-corrected chi connectivity index (χ4v) is 1.76. The van der Waals surface area contributed by atoms with E-state index in [1.54, 1.807) is 26.0 Å². The van der Waals surface area contributed by atoms with E-state index in [0.29, 0.717) is 22.7 Å². The highest BCUT2D eigenvalue weighted by Gasteiger charge is 2.10. The Hall–Kier alpha value is -1.29. The van der Waals surface area contributed by atoms with Crippen LogP contribution in [0.5, 0.6) is 0 Å². The Labute approximate surface area is 121 Å². The van der Waals surface area contributed by atoms with Crippen molar-refractivity contribution in [2.24, 2.45) is 0 Å². The average Bonchev–Trinajstić information content (AvgIpc) is 2.35. The minimum atomic E-state index is -0.660. The second-order valence-electron chi connectivity index (χ2n) is 3.91. The maximum absolute atomic E-state index is 11.7. The van der Waals surface area contributed by atoms with Gasteiger partial charge in [-0.05, 0) is 19.4 Å². The van der Waals surface area contributed by atoms with E-state index in [1.165, 1.54) is 0 Å². The molecule has 0 aliphatic heterocycles. The third-order valence-corrected chi connectivity index (χ3v) is 2.68. The Bertz CT molecular complexity index is 425. The summed E-state index contributed by atoms with van der Waals surface area (Å²) in [6, 6.07) is 0. The predicted molar refractivity (Wildman–Crippen MR) is 80.3 cm³/mol. The number of Topliss-reactive ketones (excluding diaryl/α,β-unsaturated/α-hetero) is 1. The van der Waals surface area contributed by atoms with E-state index in [9.17, 15) is 9.59 Å². The van der Waals surface area contributed by atoms with E-state index in [4.69, 9.17) is 19.4 Å². The van der Waals surface area contributed by atoms with E-state index in [2.05, 4.69) is 5.32 Å². The molecule has 0 aromatic carbocycles. The molecule has 0 unspecified atom stereocenters. The molecule has 19 heavy (non-hydrogen) atoms. The largest absolute Gasteiger partial charge is 0.336 e. The number of hydrogen-bond donors (Lipinski definition) is 1. The number of nitrogens with one attached hydrogen (secondary N) is 1. The van der Waals surface area contributed by atoms with Crippen molar-refractivity contribution in [2.45, 2.75) is 40.0 Å². The monoisotopic (exact) mass is 279 g/mol. The number of rotatable bonds is 7. The third kappa shape index (κ3) is 7.01. The Kier molecular flexibility index (Phi) is 8.97. The molecule has 0 bridgehead atoms. The molecule has 1 N–H and O–H groups in total. The smallest absolute Gasteiger partial charge is 0.201 e. The molecule has 1 amide bonds. The summed E-state index contributed by atoms with van der Waals surface area (Å²) in [6.07, 6.45) is 7.11. The number of ketones is 1. The van der Waals surface area contributed by atoms with Crippen LogP contribution in [-0.2, 0) is 4.79 Å². The molecule has 0 heterocycles. The molecule has 0 atom stereocenters. The van der Waals surface area contributed by atoms with Crippen molar-refractivity contribution in [2.75, 3.05) is 0 Å². The van der Waals surface area contributed by atoms with Gasteiger partial charge in [-0.3, -0.25) is 9.59 Å². The summed E-state index contributed by atoms with van der Waals surface area (Å²) >= 11 is 6.12. The first-order chi connectivity index (χ1) is 8.96. The Morgan fingerprint density at radius 2 is 1.95 bits per heavy atom. The minimum Gasteiger partial charge on any atom is -0.336 e. The van der Waals surface area contributed by atoms with Crippen LogP contribution in [0.3, 0.4) is 0 Å². The molecule has 0 saturated carbocycles. The Morgan fingerprint density at radius 1 is 1.32 bits per heavy atom. The van der Waals surface area contributed by atoms with Crippen molar-refractivity contribution in [1.29, 1.82) is 0 Å². The number of halogens is 1. The maximum Gasteiger partial charge on any atom is 0.201 e. The van der Waals surface area contributed by atoms with Crippen molar-refractivity contribution in [1.82, 2.24) is 5.32 Å². The fourth-order valence-electron chi connectivity index (χ4n) is 1.42. The number of allylic oxidation sites excluding steroid dienone is 5. The summed E-state index contributed by atoms with van der Waals surface area (Å²) in [5.41, 5.74) is 0.945. The van der Waals surface area contributed by atoms with Crippen LogP contribution in [0.1, 0.15) is 40.0 Å². The molecule has 102 valence electrons. The van der Waals surface area contributed by atoms with E-state index in [-0.39, 0.29) is 5.78 Å². The van der Waals surface area contributed by atoms with Crippen LogP contribution in [0.2, 0.25) is 0 Å². The van der Waals surface area contributed by atoms with Gasteiger partial charge in [-0.25, -0.2) is 0 Å².